The van der Waals surface area contributed by atoms with Gasteiger partial charge >= 0.3 is 0 Å². The average Bonchev–Trinajstić information content (AvgIpc) is 3.40. The zero-order valence-corrected chi connectivity index (χ0v) is 15.6. The van der Waals surface area contributed by atoms with Crippen molar-refractivity contribution in [2.75, 3.05) is 20.1 Å². The van der Waals surface area contributed by atoms with E-state index in [4.69, 9.17) is 0 Å². The highest BCUT2D eigenvalue weighted by Crippen LogP contribution is 2.44. The van der Waals surface area contributed by atoms with Gasteiger partial charge in [0.15, 0.2) is 0 Å². The Balaban J connectivity index is 1.29. The van der Waals surface area contributed by atoms with Crippen LogP contribution in [0.5, 0.6) is 0 Å². The van der Waals surface area contributed by atoms with E-state index in [2.05, 4.69) is 47.6 Å². The number of nitrogens with one attached hydrogen (secondary N) is 1. The van der Waals surface area contributed by atoms with Gasteiger partial charge in [-0.1, -0.05) is 55.0 Å². The Hall–Kier alpha value is -1.71. The number of nitrogens with zero attached hydrogens (tertiary/aromatic N) is 1. The van der Waals surface area contributed by atoms with Crippen molar-refractivity contribution in [2.45, 2.75) is 44.2 Å². The van der Waals surface area contributed by atoms with Crippen LogP contribution in [0.1, 0.15) is 42.7 Å². The SMILES string of the molecule is CN(Cc1ccccc1F)CC1(CN[C@H]2C[C@@H]2c2ccccc2)CCC1. The summed E-state index contributed by atoms with van der Waals surface area (Å²) in [6.45, 7) is 2.81. The minimum Gasteiger partial charge on any atom is -0.313 e. The van der Waals surface area contributed by atoms with Crippen molar-refractivity contribution < 1.29 is 4.39 Å². The second-order valence-electron chi connectivity index (χ2n) is 8.36. The van der Waals surface area contributed by atoms with Gasteiger partial charge in [0.25, 0.3) is 0 Å². The average molecular weight is 352 g/mol. The summed E-state index contributed by atoms with van der Waals surface area (Å²) in [5.74, 6) is 0.591. The Labute approximate surface area is 156 Å². The molecule has 2 aromatic carbocycles. The van der Waals surface area contributed by atoms with Gasteiger partial charge < -0.3 is 10.2 Å². The highest BCUT2D eigenvalue weighted by molar-refractivity contribution is 5.27. The van der Waals surface area contributed by atoms with Gasteiger partial charge in [-0.3, -0.25) is 0 Å². The molecule has 0 unspecified atom stereocenters. The highest BCUT2D eigenvalue weighted by Gasteiger charge is 2.42. The predicted molar refractivity (Wildman–Crippen MR) is 105 cm³/mol. The molecule has 0 saturated heterocycles. The van der Waals surface area contributed by atoms with Crippen LogP contribution in [-0.2, 0) is 6.54 Å². The van der Waals surface area contributed by atoms with Crippen LogP contribution >= 0.6 is 0 Å². The molecule has 2 aromatic rings. The number of benzene rings is 2. The lowest BCUT2D eigenvalue weighted by molar-refractivity contribution is 0.0736. The molecule has 26 heavy (non-hydrogen) atoms. The van der Waals surface area contributed by atoms with Crippen molar-refractivity contribution in [3.05, 3.63) is 71.5 Å². The maximum absolute atomic E-state index is 13.9. The molecule has 0 spiro atoms. The molecule has 0 aromatic heterocycles. The van der Waals surface area contributed by atoms with E-state index in [-0.39, 0.29) is 5.82 Å². The number of rotatable bonds is 8. The van der Waals surface area contributed by atoms with Gasteiger partial charge in [-0.15, -0.1) is 0 Å². The smallest absolute Gasteiger partial charge is 0.127 e. The molecular weight excluding hydrogens is 323 g/mol. The fraction of sp³-hybridized carbons (Fsp3) is 0.478. The van der Waals surface area contributed by atoms with E-state index in [9.17, 15) is 4.39 Å². The third-order valence-electron chi connectivity index (χ3n) is 6.18. The predicted octanol–water partition coefficient (Wildman–Crippen LogP) is 4.57. The summed E-state index contributed by atoms with van der Waals surface area (Å²) >= 11 is 0. The zero-order valence-electron chi connectivity index (χ0n) is 15.6. The lowest BCUT2D eigenvalue weighted by atomic mass is 9.68. The van der Waals surface area contributed by atoms with Gasteiger partial charge in [-0.25, -0.2) is 4.39 Å². The van der Waals surface area contributed by atoms with Crippen LogP contribution in [0.15, 0.2) is 54.6 Å². The monoisotopic (exact) mass is 352 g/mol. The molecule has 2 saturated carbocycles. The van der Waals surface area contributed by atoms with Crippen molar-refractivity contribution in [1.29, 1.82) is 0 Å². The van der Waals surface area contributed by atoms with E-state index in [1.807, 2.05) is 12.1 Å². The van der Waals surface area contributed by atoms with E-state index in [1.54, 1.807) is 12.1 Å². The second kappa shape index (κ2) is 7.50. The topological polar surface area (TPSA) is 15.3 Å². The van der Waals surface area contributed by atoms with Crippen molar-refractivity contribution in [2.24, 2.45) is 5.41 Å². The van der Waals surface area contributed by atoms with E-state index in [1.165, 1.54) is 31.2 Å². The third kappa shape index (κ3) is 3.99. The normalized spacial score (nSPS) is 23.7. The van der Waals surface area contributed by atoms with Gasteiger partial charge in [-0.05, 0) is 43.4 Å². The fourth-order valence-corrected chi connectivity index (χ4v) is 4.45. The summed E-state index contributed by atoms with van der Waals surface area (Å²) in [5.41, 5.74) is 2.62. The summed E-state index contributed by atoms with van der Waals surface area (Å²) in [5, 5.41) is 3.83. The van der Waals surface area contributed by atoms with E-state index >= 15 is 0 Å². The van der Waals surface area contributed by atoms with Crippen molar-refractivity contribution in [1.82, 2.24) is 10.2 Å². The summed E-state index contributed by atoms with van der Waals surface area (Å²) in [6.07, 6.45) is 5.14. The fourth-order valence-electron chi connectivity index (χ4n) is 4.45. The molecule has 3 heteroatoms. The van der Waals surface area contributed by atoms with Gasteiger partial charge in [0, 0.05) is 37.2 Å². The second-order valence-corrected chi connectivity index (χ2v) is 8.36. The minimum absolute atomic E-state index is 0.0937. The number of halogens is 1. The number of hydrogen-bond donors (Lipinski definition) is 1. The zero-order chi connectivity index (χ0) is 18.0. The first-order chi connectivity index (χ1) is 12.7. The molecule has 0 aliphatic heterocycles. The van der Waals surface area contributed by atoms with Crippen LogP contribution in [0.3, 0.4) is 0 Å². The van der Waals surface area contributed by atoms with Crippen LogP contribution in [0.4, 0.5) is 4.39 Å². The van der Waals surface area contributed by atoms with E-state index in [0.29, 0.717) is 23.9 Å². The summed E-state index contributed by atoms with van der Waals surface area (Å²) < 4.78 is 13.9. The maximum Gasteiger partial charge on any atom is 0.127 e. The molecule has 2 fully saturated rings. The van der Waals surface area contributed by atoms with Gasteiger partial charge in [0.1, 0.15) is 5.82 Å². The third-order valence-corrected chi connectivity index (χ3v) is 6.18. The Morgan fingerprint density at radius 2 is 1.81 bits per heavy atom. The molecule has 2 atom stereocenters. The van der Waals surface area contributed by atoms with Gasteiger partial charge in [-0.2, -0.15) is 0 Å². The van der Waals surface area contributed by atoms with E-state index in [0.717, 1.165) is 18.7 Å². The first kappa shape index (κ1) is 17.7. The Bertz CT molecular complexity index is 726. The molecule has 0 bridgehead atoms. The molecule has 0 amide bonds. The summed E-state index contributed by atoms with van der Waals surface area (Å²) in [4.78, 5) is 2.29. The lowest BCUT2D eigenvalue weighted by Gasteiger charge is -2.45. The lowest BCUT2D eigenvalue weighted by Crippen LogP contribution is -2.48. The molecule has 1 N–H and O–H groups in total. The highest BCUT2D eigenvalue weighted by atomic mass is 19.1. The van der Waals surface area contributed by atoms with Crippen LogP contribution in [0.25, 0.3) is 0 Å². The quantitative estimate of drug-likeness (QED) is 0.748. The van der Waals surface area contributed by atoms with Crippen molar-refractivity contribution in [3.63, 3.8) is 0 Å². The van der Waals surface area contributed by atoms with Crippen molar-refractivity contribution >= 4 is 0 Å². The molecule has 2 aliphatic rings. The summed E-state index contributed by atoms with van der Waals surface area (Å²) in [7, 11) is 2.12. The Morgan fingerprint density at radius 3 is 2.50 bits per heavy atom. The van der Waals surface area contributed by atoms with Gasteiger partial charge in [0.05, 0.1) is 0 Å². The first-order valence-corrected chi connectivity index (χ1v) is 9.86. The van der Waals surface area contributed by atoms with Crippen molar-refractivity contribution in [3.8, 4) is 0 Å². The van der Waals surface area contributed by atoms with E-state index < -0.39 is 0 Å². The Morgan fingerprint density at radius 1 is 1.08 bits per heavy atom. The molecule has 4 rings (SSSR count). The summed E-state index contributed by atoms with van der Waals surface area (Å²) in [6, 6.07) is 18.6. The standard InChI is InChI=1S/C23H29FN2/c1-26(15-19-10-5-6-11-21(19)24)17-23(12-7-13-23)16-25-22-14-20(22)18-8-3-2-4-9-18/h2-6,8-11,20,22,25H,7,12-17H2,1H3/t20-,22+/m1/s1. The van der Waals surface area contributed by atoms with Crippen LogP contribution in [0, 0.1) is 11.2 Å². The van der Waals surface area contributed by atoms with Gasteiger partial charge in [0.2, 0.25) is 0 Å². The maximum atomic E-state index is 13.9. The molecule has 0 heterocycles. The first-order valence-electron chi connectivity index (χ1n) is 9.86. The van der Waals surface area contributed by atoms with Crippen LogP contribution in [-0.4, -0.2) is 31.1 Å². The molecule has 2 nitrogen and oxygen atoms in total. The minimum atomic E-state index is -0.0937. The van der Waals surface area contributed by atoms with Crippen LogP contribution < -0.4 is 5.32 Å². The molecule has 2 aliphatic carbocycles. The largest absolute Gasteiger partial charge is 0.313 e. The molecular formula is C23H29FN2. The molecule has 0 radical (unpaired) electrons. The van der Waals surface area contributed by atoms with Crippen LogP contribution in [0.2, 0.25) is 0 Å². The Kier molecular flexibility index (Phi) is 5.10. The number of hydrogen-bond acceptors (Lipinski definition) is 2. The molecule has 138 valence electrons.